The van der Waals surface area contributed by atoms with Crippen LogP contribution in [0.5, 0.6) is 6.01 Å². The van der Waals surface area contributed by atoms with Gasteiger partial charge in [0.15, 0.2) is 0 Å². The van der Waals surface area contributed by atoms with E-state index in [-0.39, 0.29) is 17.5 Å². The summed E-state index contributed by atoms with van der Waals surface area (Å²) in [5.41, 5.74) is 5.68. The van der Waals surface area contributed by atoms with Gasteiger partial charge in [-0.15, -0.1) is 0 Å². The smallest absolute Gasteiger partial charge is 0.340 e. The van der Waals surface area contributed by atoms with Crippen molar-refractivity contribution in [2.24, 2.45) is 0 Å². The first-order valence-electron chi connectivity index (χ1n) is 4.41. The Kier molecular flexibility index (Phi) is 3.33. The summed E-state index contributed by atoms with van der Waals surface area (Å²) >= 11 is 0. The molecular formula is C9H12N4O2. The lowest BCUT2D eigenvalue weighted by molar-refractivity contribution is -0.130. The highest BCUT2D eigenvalue weighted by Gasteiger charge is 2.10. The molecule has 15 heavy (non-hydrogen) atoms. The Morgan fingerprint density at radius 1 is 1.47 bits per heavy atom. The van der Waals surface area contributed by atoms with Crippen LogP contribution in [0.1, 0.15) is 19.7 Å². The van der Waals surface area contributed by atoms with E-state index >= 15 is 0 Å². The van der Waals surface area contributed by atoms with Gasteiger partial charge in [0.25, 0.3) is 0 Å². The van der Waals surface area contributed by atoms with Gasteiger partial charge in [0.2, 0.25) is 5.95 Å². The minimum absolute atomic E-state index is 0.0337. The second-order valence-electron chi connectivity index (χ2n) is 2.92. The van der Waals surface area contributed by atoms with E-state index in [2.05, 4.69) is 21.5 Å². The molecular weight excluding hydrogens is 196 g/mol. The van der Waals surface area contributed by atoms with Crippen molar-refractivity contribution < 1.29 is 9.53 Å². The van der Waals surface area contributed by atoms with Crippen LogP contribution < -0.4 is 10.5 Å². The number of nitrogen functional groups attached to an aromatic ring is 1. The van der Waals surface area contributed by atoms with E-state index in [1.807, 2.05) is 6.92 Å². The number of hydrogen-bond donors (Lipinski definition) is 1. The second-order valence-corrected chi connectivity index (χ2v) is 2.92. The number of carbonyl (C=O) groups is 1. The van der Waals surface area contributed by atoms with Gasteiger partial charge < -0.3 is 10.5 Å². The van der Waals surface area contributed by atoms with E-state index in [9.17, 15) is 4.79 Å². The monoisotopic (exact) mass is 208 g/mol. The summed E-state index contributed by atoms with van der Waals surface area (Å²) in [4.78, 5) is 22.6. The molecule has 0 spiro atoms. The average Bonchev–Trinajstić information content (AvgIpc) is 2.16. The Morgan fingerprint density at radius 2 is 2.13 bits per heavy atom. The van der Waals surface area contributed by atoms with E-state index < -0.39 is 5.97 Å². The van der Waals surface area contributed by atoms with Crippen molar-refractivity contribution in [3.05, 3.63) is 18.0 Å². The second kappa shape index (κ2) is 4.50. The third-order valence-electron chi connectivity index (χ3n) is 1.53. The molecule has 0 aliphatic heterocycles. The molecule has 0 aromatic carbocycles. The Bertz CT molecular complexity index is 403. The van der Waals surface area contributed by atoms with Crippen LogP contribution in [0.4, 0.5) is 5.95 Å². The summed E-state index contributed by atoms with van der Waals surface area (Å²) in [6.07, 6.45) is 0.588. The van der Waals surface area contributed by atoms with Crippen LogP contribution in [0.25, 0.3) is 0 Å². The third-order valence-corrected chi connectivity index (χ3v) is 1.53. The summed E-state index contributed by atoms with van der Waals surface area (Å²) in [6.45, 7) is 6.83. The summed E-state index contributed by atoms with van der Waals surface area (Å²) in [5, 5.41) is 0. The van der Waals surface area contributed by atoms with Crippen LogP contribution in [-0.4, -0.2) is 20.9 Å². The molecule has 0 unspecified atom stereocenters. The number of anilines is 1. The first kappa shape index (κ1) is 11.1. The molecule has 0 bridgehead atoms. The van der Waals surface area contributed by atoms with Crippen molar-refractivity contribution in [1.82, 2.24) is 15.0 Å². The molecule has 0 fully saturated rings. The van der Waals surface area contributed by atoms with Crippen LogP contribution in [-0.2, 0) is 11.2 Å². The zero-order chi connectivity index (χ0) is 11.4. The molecule has 1 heterocycles. The number of nitrogens with zero attached hydrogens (tertiary/aromatic N) is 3. The Hall–Kier alpha value is -1.98. The zero-order valence-corrected chi connectivity index (χ0v) is 8.65. The minimum Gasteiger partial charge on any atom is -0.387 e. The van der Waals surface area contributed by atoms with Gasteiger partial charge in [-0.2, -0.15) is 15.0 Å². The molecule has 0 amide bonds. The quantitative estimate of drug-likeness (QED) is 0.574. The topological polar surface area (TPSA) is 91.0 Å². The van der Waals surface area contributed by atoms with Crippen LogP contribution in [0.3, 0.4) is 0 Å². The lowest BCUT2D eigenvalue weighted by atomic mass is 10.4. The predicted molar refractivity (Wildman–Crippen MR) is 54.1 cm³/mol. The van der Waals surface area contributed by atoms with E-state index in [0.29, 0.717) is 12.2 Å². The highest BCUT2D eigenvalue weighted by atomic mass is 16.5. The number of esters is 1. The van der Waals surface area contributed by atoms with Crippen molar-refractivity contribution in [2.45, 2.75) is 20.3 Å². The van der Waals surface area contributed by atoms with E-state index in [1.165, 1.54) is 6.92 Å². The summed E-state index contributed by atoms with van der Waals surface area (Å²) in [6, 6.07) is -0.0904. The molecule has 0 saturated heterocycles. The molecule has 0 aliphatic carbocycles. The minimum atomic E-state index is -0.581. The third kappa shape index (κ3) is 3.01. The molecule has 1 aromatic rings. The number of ether oxygens (including phenoxy) is 1. The lowest BCUT2D eigenvalue weighted by Gasteiger charge is -2.03. The van der Waals surface area contributed by atoms with Crippen molar-refractivity contribution in [3.63, 3.8) is 0 Å². The predicted octanol–water partition coefficient (Wildman–Crippen LogP) is 0.498. The lowest BCUT2D eigenvalue weighted by Crippen LogP contribution is -2.13. The number of aryl methyl sites for hydroxylation is 1. The van der Waals surface area contributed by atoms with Crippen molar-refractivity contribution in [3.8, 4) is 6.01 Å². The molecule has 0 atom stereocenters. The fourth-order valence-corrected chi connectivity index (χ4v) is 0.789. The van der Waals surface area contributed by atoms with Gasteiger partial charge in [-0.1, -0.05) is 13.5 Å². The van der Waals surface area contributed by atoms with Gasteiger partial charge >= 0.3 is 12.0 Å². The standard InChI is InChI=1S/C9H12N4O2/c1-4-6-11-8(10)13-9(12-6)15-7(14)5(2)3/h2,4H2,1,3H3,(H2,10,11,12,13). The van der Waals surface area contributed by atoms with Crippen LogP contribution in [0.15, 0.2) is 12.2 Å². The van der Waals surface area contributed by atoms with Gasteiger partial charge in [0.05, 0.1) is 0 Å². The fraction of sp³-hybridized carbons (Fsp3) is 0.333. The van der Waals surface area contributed by atoms with E-state index in [1.54, 1.807) is 0 Å². The molecule has 6 nitrogen and oxygen atoms in total. The van der Waals surface area contributed by atoms with Crippen molar-refractivity contribution in [1.29, 1.82) is 0 Å². The number of rotatable bonds is 3. The van der Waals surface area contributed by atoms with Gasteiger partial charge in [-0.25, -0.2) is 4.79 Å². The molecule has 2 N–H and O–H groups in total. The molecule has 0 aliphatic rings. The highest BCUT2D eigenvalue weighted by molar-refractivity contribution is 5.88. The van der Waals surface area contributed by atoms with Gasteiger partial charge in [-0.05, 0) is 6.92 Å². The summed E-state index contributed by atoms with van der Waals surface area (Å²) in [5.74, 6) is -0.0685. The average molecular weight is 208 g/mol. The van der Waals surface area contributed by atoms with Crippen LogP contribution in [0.2, 0.25) is 0 Å². The van der Waals surface area contributed by atoms with Crippen molar-refractivity contribution >= 4 is 11.9 Å². The number of hydrogen-bond acceptors (Lipinski definition) is 6. The first-order chi connectivity index (χ1) is 7.02. The van der Waals surface area contributed by atoms with Gasteiger partial charge in [-0.3, -0.25) is 0 Å². The zero-order valence-electron chi connectivity index (χ0n) is 8.65. The van der Waals surface area contributed by atoms with Crippen molar-refractivity contribution in [2.75, 3.05) is 5.73 Å². The summed E-state index contributed by atoms with van der Waals surface area (Å²) in [7, 11) is 0. The highest BCUT2D eigenvalue weighted by Crippen LogP contribution is 2.07. The molecule has 1 aromatic heterocycles. The number of carbonyl (C=O) groups excluding carboxylic acids is 1. The van der Waals surface area contributed by atoms with Crippen LogP contribution >= 0.6 is 0 Å². The van der Waals surface area contributed by atoms with Gasteiger partial charge in [0, 0.05) is 12.0 Å². The maximum absolute atomic E-state index is 11.2. The fourth-order valence-electron chi connectivity index (χ4n) is 0.789. The first-order valence-corrected chi connectivity index (χ1v) is 4.41. The van der Waals surface area contributed by atoms with Gasteiger partial charge in [0.1, 0.15) is 5.82 Å². The molecule has 0 radical (unpaired) electrons. The van der Waals surface area contributed by atoms with E-state index in [4.69, 9.17) is 10.5 Å². The maximum atomic E-state index is 11.2. The number of nitrogens with two attached hydrogens (primary N) is 1. The molecule has 6 heteroatoms. The summed E-state index contributed by atoms with van der Waals surface area (Å²) < 4.78 is 4.82. The van der Waals surface area contributed by atoms with E-state index in [0.717, 1.165) is 0 Å². The normalized spacial score (nSPS) is 9.73. The maximum Gasteiger partial charge on any atom is 0.340 e. The Labute approximate surface area is 87.2 Å². The number of aromatic nitrogens is 3. The molecule has 80 valence electrons. The largest absolute Gasteiger partial charge is 0.387 e. The Balaban J connectivity index is 2.90. The Morgan fingerprint density at radius 3 is 2.67 bits per heavy atom. The molecule has 0 saturated carbocycles. The van der Waals surface area contributed by atoms with Crippen LogP contribution in [0, 0.1) is 0 Å². The molecule has 1 rings (SSSR count). The SMILES string of the molecule is C=C(C)C(=O)Oc1nc(N)nc(CC)n1.